The van der Waals surface area contributed by atoms with Crippen LogP contribution in [0.1, 0.15) is 76.1 Å². The Kier molecular flexibility index (Phi) is 10.7. The van der Waals surface area contributed by atoms with Crippen molar-refractivity contribution in [3.8, 4) is 0 Å². The number of imidazole rings is 1. The van der Waals surface area contributed by atoms with Crippen LogP contribution in [0.15, 0.2) is 42.6 Å². The molecule has 2 aromatic heterocycles. The number of amides is 1. The molecule has 0 atom stereocenters. The van der Waals surface area contributed by atoms with Gasteiger partial charge in [-0.1, -0.05) is 65.3 Å². The number of benzene rings is 1. The number of nitrogens with one attached hydrogen (secondary N) is 1. The fourth-order valence-corrected chi connectivity index (χ4v) is 4.07. The SMILES string of the molecule is CC.CC.CCc1nc2ccc(Cl)cn2c1C(=O)NCc1ccc(N2CCC(C)CC2)cc1. The third-order valence-corrected chi connectivity index (χ3v) is 5.97. The van der Waals surface area contributed by atoms with Crippen LogP contribution < -0.4 is 10.2 Å². The van der Waals surface area contributed by atoms with E-state index >= 15 is 0 Å². The molecule has 3 heterocycles. The summed E-state index contributed by atoms with van der Waals surface area (Å²) in [5, 5.41) is 3.61. The number of aryl methyl sites for hydroxylation is 1. The van der Waals surface area contributed by atoms with Gasteiger partial charge in [0.25, 0.3) is 5.91 Å². The number of piperidine rings is 1. The minimum Gasteiger partial charge on any atom is -0.372 e. The molecule has 1 saturated heterocycles. The molecule has 0 unspecified atom stereocenters. The highest BCUT2D eigenvalue weighted by Crippen LogP contribution is 2.23. The molecule has 1 aliphatic heterocycles. The number of rotatable bonds is 5. The van der Waals surface area contributed by atoms with Gasteiger partial charge in [0.1, 0.15) is 11.3 Å². The van der Waals surface area contributed by atoms with Gasteiger partial charge < -0.3 is 10.2 Å². The smallest absolute Gasteiger partial charge is 0.270 e. The van der Waals surface area contributed by atoms with Crippen LogP contribution in [0.5, 0.6) is 0 Å². The van der Waals surface area contributed by atoms with Crippen LogP contribution in [0.2, 0.25) is 5.02 Å². The number of carbonyl (C=O) groups excluding carboxylic acids is 1. The number of aromatic nitrogens is 2. The van der Waals surface area contributed by atoms with E-state index in [1.807, 2.05) is 40.7 Å². The van der Waals surface area contributed by atoms with Gasteiger partial charge in [-0.2, -0.15) is 0 Å². The summed E-state index contributed by atoms with van der Waals surface area (Å²) in [6, 6.07) is 12.1. The van der Waals surface area contributed by atoms with Crippen LogP contribution in [-0.2, 0) is 13.0 Å². The lowest BCUT2D eigenvalue weighted by Gasteiger charge is -2.32. The van der Waals surface area contributed by atoms with E-state index in [4.69, 9.17) is 11.6 Å². The van der Waals surface area contributed by atoms with Crippen molar-refractivity contribution in [3.05, 3.63) is 64.6 Å². The van der Waals surface area contributed by atoms with Gasteiger partial charge in [0.2, 0.25) is 0 Å². The predicted molar refractivity (Wildman–Crippen MR) is 140 cm³/mol. The van der Waals surface area contributed by atoms with Crippen molar-refractivity contribution >= 4 is 28.8 Å². The highest BCUT2D eigenvalue weighted by Gasteiger charge is 2.19. The highest BCUT2D eigenvalue weighted by molar-refractivity contribution is 6.30. The molecule has 0 aliphatic carbocycles. The van der Waals surface area contributed by atoms with Gasteiger partial charge in [0.05, 0.1) is 10.7 Å². The average Bonchev–Trinajstić information content (AvgIpc) is 3.23. The van der Waals surface area contributed by atoms with E-state index in [1.165, 1.54) is 18.5 Å². The number of pyridine rings is 1. The standard InChI is InChI=1S/C23H27ClN4O.2C2H6/c1-3-20-22(28-15-18(24)6-9-21(28)26-20)23(29)25-14-17-4-7-19(8-5-17)27-12-10-16(2)11-13-27;2*1-2/h4-9,15-16H,3,10-14H2,1-2H3,(H,25,29);2*1-2H3. The van der Waals surface area contributed by atoms with Gasteiger partial charge >= 0.3 is 0 Å². The molecule has 0 saturated carbocycles. The quantitative estimate of drug-likeness (QED) is 0.447. The molecule has 0 radical (unpaired) electrons. The summed E-state index contributed by atoms with van der Waals surface area (Å²) in [5.41, 5.74) is 4.41. The Balaban J connectivity index is 0.000000914. The Hall–Kier alpha value is -2.53. The molecule has 5 nitrogen and oxygen atoms in total. The lowest BCUT2D eigenvalue weighted by Crippen LogP contribution is -2.32. The first-order valence-electron chi connectivity index (χ1n) is 12.3. The number of hydrogen-bond acceptors (Lipinski definition) is 3. The lowest BCUT2D eigenvalue weighted by molar-refractivity contribution is 0.0944. The molecular formula is C27H39ClN4O. The van der Waals surface area contributed by atoms with E-state index in [0.717, 1.165) is 35.9 Å². The zero-order valence-corrected chi connectivity index (χ0v) is 21.7. The zero-order valence-electron chi connectivity index (χ0n) is 21.0. The van der Waals surface area contributed by atoms with Crippen molar-refractivity contribution in [2.24, 2.45) is 5.92 Å². The minimum atomic E-state index is -0.134. The van der Waals surface area contributed by atoms with E-state index in [1.54, 1.807) is 16.7 Å². The summed E-state index contributed by atoms with van der Waals surface area (Å²) in [6.07, 6.45) is 4.93. The lowest BCUT2D eigenvalue weighted by atomic mass is 9.99. The molecule has 3 aromatic rings. The predicted octanol–water partition coefficient (Wildman–Crippen LogP) is 6.77. The normalized spacial score (nSPS) is 13.6. The molecule has 1 aromatic carbocycles. The van der Waals surface area contributed by atoms with Crippen molar-refractivity contribution in [1.82, 2.24) is 14.7 Å². The van der Waals surface area contributed by atoms with Crippen molar-refractivity contribution in [2.45, 2.75) is 67.3 Å². The maximum Gasteiger partial charge on any atom is 0.270 e. The summed E-state index contributed by atoms with van der Waals surface area (Å²) in [4.78, 5) is 19.9. The molecule has 4 rings (SSSR count). The number of carbonyl (C=O) groups is 1. The molecule has 1 fully saturated rings. The molecule has 0 bridgehead atoms. The fraction of sp³-hybridized carbons (Fsp3) is 0.481. The Morgan fingerprint density at radius 2 is 1.70 bits per heavy atom. The summed E-state index contributed by atoms with van der Waals surface area (Å²) < 4.78 is 1.77. The topological polar surface area (TPSA) is 49.6 Å². The number of nitrogens with zero attached hydrogens (tertiary/aromatic N) is 3. The Labute approximate surface area is 204 Å². The second kappa shape index (κ2) is 13.2. The summed E-state index contributed by atoms with van der Waals surface area (Å²) in [7, 11) is 0. The van der Waals surface area contributed by atoms with E-state index in [0.29, 0.717) is 23.7 Å². The summed E-state index contributed by atoms with van der Waals surface area (Å²) >= 11 is 6.12. The maximum atomic E-state index is 12.9. The third kappa shape index (κ3) is 6.73. The van der Waals surface area contributed by atoms with Crippen molar-refractivity contribution < 1.29 is 4.79 Å². The Morgan fingerprint density at radius 3 is 2.30 bits per heavy atom. The second-order valence-electron chi connectivity index (χ2n) is 7.85. The van der Waals surface area contributed by atoms with Crippen molar-refractivity contribution in [2.75, 3.05) is 18.0 Å². The highest BCUT2D eigenvalue weighted by atomic mass is 35.5. The van der Waals surface area contributed by atoms with Crippen LogP contribution in [0, 0.1) is 5.92 Å². The van der Waals surface area contributed by atoms with Gasteiger partial charge in [-0.05, 0) is 55.0 Å². The summed E-state index contributed by atoms with van der Waals surface area (Å²) in [6.45, 7) is 15.0. The monoisotopic (exact) mass is 470 g/mol. The van der Waals surface area contributed by atoms with E-state index < -0.39 is 0 Å². The minimum absolute atomic E-state index is 0.134. The fourth-order valence-electron chi connectivity index (χ4n) is 3.91. The van der Waals surface area contributed by atoms with Crippen LogP contribution in [-0.4, -0.2) is 28.4 Å². The molecule has 0 spiro atoms. The first-order chi connectivity index (χ1) is 16.0. The summed E-state index contributed by atoms with van der Waals surface area (Å²) in [5.74, 6) is 0.689. The van der Waals surface area contributed by atoms with Crippen LogP contribution in [0.3, 0.4) is 0 Å². The molecule has 1 amide bonds. The van der Waals surface area contributed by atoms with Gasteiger partial charge in [-0.25, -0.2) is 4.98 Å². The van der Waals surface area contributed by atoms with Gasteiger partial charge in [0.15, 0.2) is 0 Å². The van der Waals surface area contributed by atoms with Gasteiger partial charge in [0, 0.05) is 31.5 Å². The third-order valence-electron chi connectivity index (χ3n) is 5.74. The number of anilines is 1. The van der Waals surface area contributed by atoms with E-state index in [2.05, 4.69) is 46.4 Å². The first-order valence-corrected chi connectivity index (χ1v) is 12.7. The molecular weight excluding hydrogens is 432 g/mol. The maximum absolute atomic E-state index is 12.9. The largest absolute Gasteiger partial charge is 0.372 e. The average molecular weight is 471 g/mol. The number of fused-ring (bicyclic) bond motifs is 1. The van der Waals surface area contributed by atoms with Crippen molar-refractivity contribution in [1.29, 1.82) is 0 Å². The zero-order chi connectivity index (χ0) is 24.4. The Bertz CT molecular complexity index is 1000. The molecule has 1 aliphatic rings. The van der Waals surface area contributed by atoms with Crippen LogP contribution >= 0.6 is 11.6 Å². The Morgan fingerprint density at radius 1 is 1.06 bits per heavy atom. The van der Waals surface area contributed by atoms with E-state index in [9.17, 15) is 4.79 Å². The van der Waals surface area contributed by atoms with Gasteiger partial charge in [-0.15, -0.1) is 0 Å². The molecule has 1 N–H and O–H groups in total. The number of halogens is 1. The first kappa shape index (κ1) is 26.7. The molecule has 33 heavy (non-hydrogen) atoms. The van der Waals surface area contributed by atoms with Crippen molar-refractivity contribution in [3.63, 3.8) is 0 Å². The van der Waals surface area contributed by atoms with Crippen LogP contribution in [0.4, 0.5) is 5.69 Å². The molecule has 180 valence electrons. The van der Waals surface area contributed by atoms with Crippen LogP contribution in [0.25, 0.3) is 5.65 Å². The van der Waals surface area contributed by atoms with E-state index in [-0.39, 0.29) is 5.91 Å². The number of hydrogen-bond donors (Lipinski definition) is 1. The van der Waals surface area contributed by atoms with Gasteiger partial charge in [-0.3, -0.25) is 9.20 Å². The second-order valence-corrected chi connectivity index (χ2v) is 8.29. The molecule has 6 heteroatoms.